The van der Waals surface area contributed by atoms with Crippen molar-refractivity contribution in [3.8, 4) is 6.07 Å². The summed E-state index contributed by atoms with van der Waals surface area (Å²) >= 11 is 0. The van der Waals surface area contributed by atoms with Crippen molar-refractivity contribution in [1.82, 2.24) is 15.4 Å². The Morgan fingerprint density at radius 3 is 2.85 bits per heavy atom. The van der Waals surface area contributed by atoms with Crippen molar-refractivity contribution >= 4 is 22.7 Å². The molecule has 2 aliphatic rings. The molecule has 2 aromatic rings. The van der Waals surface area contributed by atoms with Crippen molar-refractivity contribution in [3.05, 3.63) is 23.8 Å². The molecular weight excluding hydrogens is 342 g/mol. The average Bonchev–Trinajstić information content (AvgIpc) is 3.05. The number of rotatable bonds is 5. The minimum absolute atomic E-state index is 0.0309. The summed E-state index contributed by atoms with van der Waals surface area (Å²) in [6.45, 7) is 4.00. The van der Waals surface area contributed by atoms with Crippen molar-refractivity contribution in [2.24, 2.45) is 5.92 Å². The number of nitrogens with one attached hydrogen (secondary N) is 2. The fraction of sp³-hybridized carbons (Fsp3) is 0.550. The van der Waals surface area contributed by atoms with E-state index >= 15 is 0 Å². The van der Waals surface area contributed by atoms with Crippen LogP contribution in [0.25, 0.3) is 11.0 Å². The standard InChI is InChI=1S/C20H25N5O2/c1-13-2-7-18-17(8-13)20(24-27-18)22-10-19(26)23-15-11-25(12-15)16-5-3-14(9-21)4-6-16/h2,7-8,14-16H,3-6,10-12H2,1H3,(H,22,24)(H,23,26)/t14-,16+. The van der Waals surface area contributed by atoms with E-state index in [1.807, 2.05) is 25.1 Å². The Morgan fingerprint density at radius 2 is 2.11 bits per heavy atom. The second-order valence-electron chi connectivity index (χ2n) is 7.74. The Bertz CT molecular complexity index is 857. The van der Waals surface area contributed by atoms with Crippen LogP contribution in [-0.4, -0.2) is 47.7 Å². The fourth-order valence-corrected chi connectivity index (χ4v) is 4.09. The molecule has 142 valence electrons. The molecule has 4 rings (SSSR count). The van der Waals surface area contributed by atoms with Crippen molar-refractivity contribution < 1.29 is 9.32 Å². The summed E-state index contributed by atoms with van der Waals surface area (Å²) in [5.41, 5.74) is 1.83. The van der Waals surface area contributed by atoms with Gasteiger partial charge < -0.3 is 15.2 Å². The zero-order valence-electron chi connectivity index (χ0n) is 15.6. The van der Waals surface area contributed by atoms with Crippen molar-refractivity contribution in [3.63, 3.8) is 0 Å². The molecule has 1 aromatic heterocycles. The molecule has 1 saturated heterocycles. The molecule has 0 radical (unpaired) electrons. The lowest BCUT2D eigenvalue weighted by Gasteiger charge is -2.46. The maximum Gasteiger partial charge on any atom is 0.239 e. The highest BCUT2D eigenvalue weighted by Gasteiger charge is 2.35. The molecule has 2 fully saturated rings. The van der Waals surface area contributed by atoms with Gasteiger partial charge in [0, 0.05) is 25.0 Å². The van der Waals surface area contributed by atoms with Gasteiger partial charge in [-0.05, 0) is 44.7 Å². The quantitative estimate of drug-likeness (QED) is 0.843. The first kappa shape index (κ1) is 17.8. The number of hydrogen-bond donors (Lipinski definition) is 2. The van der Waals surface area contributed by atoms with Gasteiger partial charge in [0.2, 0.25) is 5.91 Å². The highest BCUT2D eigenvalue weighted by molar-refractivity contribution is 5.90. The first-order chi connectivity index (χ1) is 13.1. The number of nitrogens with zero attached hydrogens (tertiary/aromatic N) is 3. The van der Waals surface area contributed by atoms with E-state index in [1.165, 1.54) is 0 Å². The molecule has 1 saturated carbocycles. The van der Waals surface area contributed by atoms with E-state index in [4.69, 9.17) is 9.78 Å². The molecule has 2 N–H and O–H groups in total. The van der Waals surface area contributed by atoms with E-state index in [9.17, 15) is 4.79 Å². The van der Waals surface area contributed by atoms with Crippen LogP contribution in [0.2, 0.25) is 0 Å². The molecule has 0 unspecified atom stereocenters. The number of benzene rings is 1. The molecule has 1 amide bonds. The molecule has 0 atom stereocenters. The number of carbonyl (C=O) groups excluding carboxylic acids is 1. The van der Waals surface area contributed by atoms with Gasteiger partial charge in [0.25, 0.3) is 0 Å². The van der Waals surface area contributed by atoms with Gasteiger partial charge in [0.1, 0.15) is 0 Å². The lowest BCUT2D eigenvalue weighted by Crippen LogP contribution is -2.63. The second-order valence-corrected chi connectivity index (χ2v) is 7.74. The monoisotopic (exact) mass is 367 g/mol. The summed E-state index contributed by atoms with van der Waals surface area (Å²) in [6, 6.07) is 9.02. The molecule has 0 bridgehead atoms. The molecule has 1 aromatic carbocycles. The second kappa shape index (κ2) is 7.57. The van der Waals surface area contributed by atoms with Crippen LogP contribution in [0.1, 0.15) is 31.2 Å². The van der Waals surface area contributed by atoms with Crippen LogP contribution >= 0.6 is 0 Å². The lowest BCUT2D eigenvalue weighted by molar-refractivity contribution is -0.121. The van der Waals surface area contributed by atoms with Crippen LogP contribution in [-0.2, 0) is 4.79 Å². The molecular formula is C20H25N5O2. The number of hydrogen-bond acceptors (Lipinski definition) is 6. The predicted octanol–water partition coefficient (Wildman–Crippen LogP) is 2.43. The minimum atomic E-state index is -0.0309. The Hall–Kier alpha value is -2.59. The van der Waals surface area contributed by atoms with Gasteiger partial charge in [-0.1, -0.05) is 16.8 Å². The number of likely N-dealkylation sites (tertiary alicyclic amines) is 1. The number of aromatic nitrogens is 1. The lowest BCUT2D eigenvalue weighted by atomic mass is 9.85. The van der Waals surface area contributed by atoms with Crippen LogP contribution in [0.15, 0.2) is 22.7 Å². The van der Waals surface area contributed by atoms with Gasteiger partial charge in [-0.3, -0.25) is 9.69 Å². The number of anilines is 1. The minimum Gasteiger partial charge on any atom is -0.358 e. The van der Waals surface area contributed by atoms with Crippen LogP contribution < -0.4 is 10.6 Å². The number of carbonyl (C=O) groups is 1. The van der Waals surface area contributed by atoms with Crippen LogP contribution in [0.5, 0.6) is 0 Å². The first-order valence-corrected chi connectivity index (χ1v) is 9.65. The highest BCUT2D eigenvalue weighted by Crippen LogP contribution is 2.29. The summed E-state index contributed by atoms with van der Waals surface area (Å²) < 4.78 is 5.28. The number of amides is 1. The summed E-state index contributed by atoms with van der Waals surface area (Å²) in [7, 11) is 0. The van der Waals surface area contributed by atoms with Crippen molar-refractivity contribution in [2.75, 3.05) is 25.0 Å². The van der Waals surface area contributed by atoms with Crippen LogP contribution in [0.3, 0.4) is 0 Å². The fourth-order valence-electron chi connectivity index (χ4n) is 4.09. The number of aryl methyl sites for hydroxylation is 1. The maximum atomic E-state index is 12.2. The molecule has 2 heterocycles. The largest absolute Gasteiger partial charge is 0.358 e. The summed E-state index contributed by atoms with van der Waals surface area (Å²) in [6.07, 6.45) is 4.20. The molecule has 7 heteroatoms. The summed E-state index contributed by atoms with van der Waals surface area (Å²) in [5, 5.41) is 20.0. The van der Waals surface area contributed by atoms with E-state index in [2.05, 4.69) is 26.8 Å². The van der Waals surface area contributed by atoms with Crippen LogP contribution in [0.4, 0.5) is 5.82 Å². The summed E-state index contributed by atoms with van der Waals surface area (Å²) in [5.74, 6) is 0.811. The molecule has 27 heavy (non-hydrogen) atoms. The van der Waals surface area contributed by atoms with Gasteiger partial charge in [-0.15, -0.1) is 0 Å². The predicted molar refractivity (Wildman–Crippen MR) is 102 cm³/mol. The normalized spacial score (nSPS) is 23.6. The zero-order valence-corrected chi connectivity index (χ0v) is 15.6. The van der Waals surface area contributed by atoms with Crippen LogP contribution in [0, 0.1) is 24.2 Å². The third kappa shape index (κ3) is 3.91. The van der Waals surface area contributed by atoms with E-state index < -0.39 is 0 Å². The van der Waals surface area contributed by atoms with Gasteiger partial charge in [-0.25, -0.2) is 0 Å². The van der Waals surface area contributed by atoms with Crippen molar-refractivity contribution in [2.45, 2.75) is 44.7 Å². The smallest absolute Gasteiger partial charge is 0.239 e. The molecule has 1 aliphatic carbocycles. The maximum absolute atomic E-state index is 12.2. The number of nitriles is 1. The third-order valence-electron chi connectivity index (χ3n) is 5.71. The van der Waals surface area contributed by atoms with E-state index in [-0.39, 0.29) is 24.4 Å². The third-order valence-corrected chi connectivity index (χ3v) is 5.71. The highest BCUT2D eigenvalue weighted by atomic mass is 16.5. The average molecular weight is 367 g/mol. The Morgan fingerprint density at radius 1 is 1.33 bits per heavy atom. The van der Waals surface area contributed by atoms with E-state index in [0.29, 0.717) is 17.4 Å². The summed E-state index contributed by atoms with van der Waals surface area (Å²) in [4.78, 5) is 14.7. The number of fused-ring (bicyclic) bond motifs is 1. The Kier molecular flexibility index (Phi) is 4.99. The van der Waals surface area contributed by atoms with E-state index in [0.717, 1.165) is 49.7 Å². The topological polar surface area (TPSA) is 94.2 Å². The molecule has 7 nitrogen and oxygen atoms in total. The van der Waals surface area contributed by atoms with Crippen molar-refractivity contribution in [1.29, 1.82) is 5.26 Å². The van der Waals surface area contributed by atoms with Gasteiger partial charge in [0.15, 0.2) is 11.4 Å². The SMILES string of the molecule is Cc1ccc2onc(NCC(=O)NC3CN([C@H]4CC[C@@H](C#N)CC4)C3)c2c1. The Balaban J connectivity index is 1.21. The molecule has 1 aliphatic heterocycles. The first-order valence-electron chi connectivity index (χ1n) is 9.65. The van der Waals surface area contributed by atoms with Gasteiger partial charge >= 0.3 is 0 Å². The van der Waals surface area contributed by atoms with E-state index in [1.54, 1.807) is 0 Å². The van der Waals surface area contributed by atoms with Gasteiger partial charge in [0.05, 0.1) is 24.0 Å². The Labute approximate surface area is 158 Å². The zero-order chi connectivity index (χ0) is 18.8. The van der Waals surface area contributed by atoms with Gasteiger partial charge in [-0.2, -0.15) is 5.26 Å². The molecule has 0 spiro atoms.